The van der Waals surface area contributed by atoms with E-state index in [1.54, 1.807) is 12.1 Å². The van der Waals surface area contributed by atoms with Crippen molar-refractivity contribution in [2.24, 2.45) is 5.92 Å². The summed E-state index contributed by atoms with van der Waals surface area (Å²) < 4.78 is 14.6. The molecule has 1 aliphatic carbocycles. The lowest BCUT2D eigenvalue weighted by Crippen LogP contribution is -3.14. The predicted octanol–water partition coefficient (Wildman–Crippen LogP) is 3.18. The second kappa shape index (κ2) is 6.58. The Hall–Kier alpha value is -1.24. The SMILES string of the molecule is O=C(C[NH+]1CCc2sccc2[C@@H]1C1CC1)Nc1ccc(Br)cc1F. The van der Waals surface area contributed by atoms with Gasteiger partial charge in [0.1, 0.15) is 11.9 Å². The van der Waals surface area contributed by atoms with Gasteiger partial charge in [-0.25, -0.2) is 4.39 Å². The number of quaternary nitrogens is 1. The van der Waals surface area contributed by atoms with Crippen LogP contribution < -0.4 is 10.2 Å². The van der Waals surface area contributed by atoms with Crippen molar-refractivity contribution in [2.45, 2.75) is 25.3 Å². The molecule has 2 N–H and O–H groups in total. The number of halogens is 2. The lowest BCUT2D eigenvalue weighted by atomic mass is 9.96. The van der Waals surface area contributed by atoms with Crippen LogP contribution in [-0.4, -0.2) is 19.0 Å². The van der Waals surface area contributed by atoms with Crippen molar-refractivity contribution in [3.05, 3.63) is 50.4 Å². The highest BCUT2D eigenvalue weighted by atomic mass is 79.9. The first-order valence-corrected chi connectivity index (χ1v) is 9.95. The summed E-state index contributed by atoms with van der Waals surface area (Å²) >= 11 is 5.06. The van der Waals surface area contributed by atoms with Gasteiger partial charge in [-0.2, -0.15) is 0 Å². The van der Waals surface area contributed by atoms with E-state index in [4.69, 9.17) is 0 Å². The van der Waals surface area contributed by atoms with Crippen molar-refractivity contribution in [3.8, 4) is 0 Å². The van der Waals surface area contributed by atoms with Gasteiger partial charge >= 0.3 is 0 Å². The fourth-order valence-corrected chi connectivity index (χ4v) is 4.95. The molecule has 0 saturated heterocycles. The van der Waals surface area contributed by atoms with E-state index in [-0.39, 0.29) is 11.6 Å². The average Bonchev–Trinajstić information content (AvgIpc) is 3.26. The van der Waals surface area contributed by atoms with Crippen molar-refractivity contribution in [3.63, 3.8) is 0 Å². The van der Waals surface area contributed by atoms with Gasteiger partial charge in [0, 0.05) is 27.3 Å². The van der Waals surface area contributed by atoms with Gasteiger partial charge in [-0.1, -0.05) is 15.9 Å². The van der Waals surface area contributed by atoms with Crippen LogP contribution >= 0.6 is 27.3 Å². The molecule has 1 unspecified atom stereocenters. The summed E-state index contributed by atoms with van der Waals surface area (Å²) in [4.78, 5) is 15.2. The molecule has 1 aromatic carbocycles. The highest BCUT2D eigenvalue weighted by molar-refractivity contribution is 9.10. The molecule has 1 amide bonds. The van der Waals surface area contributed by atoms with Crippen molar-refractivity contribution in [1.29, 1.82) is 0 Å². The van der Waals surface area contributed by atoms with Gasteiger partial charge in [0.25, 0.3) is 5.91 Å². The summed E-state index contributed by atoms with van der Waals surface area (Å²) in [6.45, 7) is 1.37. The molecule has 24 heavy (non-hydrogen) atoms. The molecule has 0 spiro atoms. The molecule has 3 nitrogen and oxygen atoms in total. The number of thiophene rings is 1. The van der Waals surface area contributed by atoms with Crippen LogP contribution in [0.5, 0.6) is 0 Å². The standard InChI is InChI=1S/C18H18BrFN2OS/c19-12-3-4-15(14(20)9-12)21-17(23)10-22-7-5-16-13(6-8-24-16)18(22)11-1-2-11/h3-4,6,8-9,11,18H,1-2,5,7,10H2,(H,21,23)/p+1/t18-/m0/s1. The number of benzene rings is 1. The van der Waals surface area contributed by atoms with Crippen LogP contribution in [0.25, 0.3) is 0 Å². The number of amides is 1. The molecule has 2 heterocycles. The van der Waals surface area contributed by atoms with E-state index in [0.717, 1.165) is 13.0 Å². The van der Waals surface area contributed by atoms with Crippen LogP contribution in [0.1, 0.15) is 29.3 Å². The van der Waals surface area contributed by atoms with Crippen LogP contribution in [0.3, 0.4) is 0 Å². The summed E-state index contributed by atoms with van der Waals surface area (Å²) in [6, 6.07) is 7.36. The van der Waals surface area contributed by atoms with Gasteiger partial charge in [-0.15, -0.1) is 11.3 Å². The van der Waals surface area contributed by atoms with Crippen LogP contribution in [0, 0.1) is 11.7 Å². The van der Waals surface area contributed by atoms with Crippen molar-refractivity contribution < 1.29 is 14.1 Å². The number of carbonyl (C=O) groups is 1. The molecule has 126 valence electrons. The molecule has 1 aliphatic heterocycles. The Kier molecular flexibility index (Phi) is 4.45. The fourth-order valence-electron chi connectivity index (χ4n) is 3.69. The van der Waals surface area contributed by atoms with Crippen LogP contribution in [-0.2, 0) is 11.2 Å². The van der Waals surface area contributed by atoms with Gasteiger partial charge in [-0.3, -0.25) is 4.79 Å². The van der Waals surface area contributed by atoms with Gasteiger partial charge < -0.3 is 10.2 Å². The first-order valence-electron chi connectivity index (χ1n) is 8.27. The highest BCUT2D eigenvalue weighted by Gasteiger charge is 2.43. The van der Waals surface area contributed by atoms with Crippen molar-refractivity contribution in [2.75, 3.05) is 18.4 Å². The molecule has 1 saturated carbocycles. The minimum atomic E-state index is -0.412. The average molecular weight is 410 g/mol. The summed E-state index contributed by atoms with van der Waals surface area (Å²) in [5, 5.41) is 4.90. The molecule has 6 heteroatoms. The minimum absolute atomic E-state index is 0.115. The largest absolute Gasteiger partial charge is 0.320 e. The number of nitrogens with one attached hydrogen (secondary N) is 2. The smallest absolute Gasteiger partial charge is 0.279 e. The third-order valence-electron chi connectivity index (χ3n) is 4.91. The second-order valence-corrected chi connectivity index (χ2v) is 8.54. The lowest BCUT2D eigenvalue weighted by Gasteiger charge is -2.32. The number of rotatable bonds is 4. The normalized spacial score (nSPS) is 22.9. The molecular weight excluding hydrogens is 391 g/mol. The summed E-state index contributed by atoms with van der Waals surface area (Å²) in [6.07, 6.45) is 3.55. The van der Waals surface area contributed by atoms with E-state index in [0.29, 0.717) is 23.0 Å². The third kappa shape index (κ3) is 3.27. The second-order valence-electron chi connectivity index (χ2n) is 6.62. The van der Waals surface area contributed by atoms with E-state index in [9.17, 15) is 9.18 Å². The Morgan fingerprint density at radius 3 is 2.96 bits per heavy atom. The van der Waals surface area contributed by atoms with E-state index >= 15 is 0 Å². The Bertz CT molecular complexity index is 774. The number of hydrogen-bond acceptors (Lipinski definition) is 2. The molecule has 4 rings (SSSR count). The van der Waals surface area contributed by atoms with E-state index in [1.165, 1.54) is 34.2 Å². The molecule has 2 aliphatic rings. The minimum Gasteiger partial charge on any atom is -0.320 e. The number of carbonyl (C=O) groups excluding carboxylic acids is 1. The zero-order valence-corrected chi connectivity index (χ0v) is 15.6. The molecular formula is C18H19BrFN2OS+. The number of anilines is 1. The Morgan fingerprint density at radius 1 is 1.38 bits per heavy atom. The number of fused-ring (bicyclic) bond motifs is 1. The monoisotopic (exact) mass is 409 g/mol. The lowest BCUT2D eigenvalue weighted by molar-refractivity contribution is -0.928. The molecule has 0 radical (unpaired) electrons. The Morgan fingerprint density at radius 2 is 2.21 bits per heavy atom. The molecule has 1 aromatic heterocycles. The predicted molar refractivity (Wildman–Crippen MR) is 96.9 cm³/mol. The van der Waals surface area contributed by atoms with E-state index < -0.39 is 5.82 Å². The zero-order chi connectivity index (χ0) is 16.7. The van der Waals surface area contributed by atoms with Gasteiger partial charge in [0.15, 0.2) is 6.54 Å². The highest BCUT2D eigenvalue weighted by Crippen LogP contribution is 2.42. The topological polar surface area (TPSA) is 33.5 Å². The molecule has 1 fully saturated rings. The summed E-state index contributed by atoms with van der Waals surface area (Å²) in [5.41, 5.74) is 1.69. The molecule has 2 atom stereocenters. The summed E-state index contributed by atoms with van der Waals surface area (Å²) in [7, 11) is 0. The maximum Gasteiger partial charge on any atom is 0.279 e. The van der Waals surface area contributed by atoms with Crippen molar-refractivity contribution >= 4 is 38.9 Å². The maximum atomic E-state index is 13.9. The van der Waals surface area contributed by atoms with Gasteiger partial charge in [0.2, 0.25) is 0 Å². The van der Waals surface area contributed by atoms with Crippen LogP contribution in [0.4, 0.5) is 10.1 Å². The summed E-state index contributed by atoms with van der Waals surface area (Å²) in [5.74, 6) is 0.173. The van der Waals surface area contributed by atoms with E-state index in [1.807, 2.05) is 11.3 Å². The first kappa shape index (κ1) is 16.2. The van der Waals surface area contributed by atoms with Crippen LogP contribution in [0.2, 0.25) is 0 Å². The van der Waals surface area contributed by atoms with Crippen molar-refractivity contribution in [1.82, 2.24) is 0 Å². The quantitative estimate of drug-likeness (QED) is 0.798. The zero-order valence-electron chi connectivity index (χ0n) is 13.1. The Labute approximate surface area is 153 Å². The first-order chi connectivity index (χ1) is 11.6. The van der Waals surface area contributed by atoms with Gasteiger partial charge in [0.05, 0.1) is 12.2 Å². The maximum absolute atomic E-state index is 13.9. The van der Waals surface area contributed by atoms with E-state index in [2.05, 4.69) is 32.7 Å². The third-order valence-corrected chi connectivity index (χ3v) is 6.40. The fraction of sp³-hybridized carbons (Fsp3) is 0.389. The molecule has 0 bridgehead atoms. The number of hydrogen-bond donors (Lipinski definition) is 2. The van der Waals surface area contributed by atoms with Gasteiger partial charge in [-0.05, 0) is 42.5 Å². The van der Waals surface area contributed by atoms with Crippen LogP contribution in [0.15, 0.2) is 34.1 Å². The Balaban J connectivity index is 1.47. The molecule has 2 aromatic rings.